The van der Waals surface area contributed by atoms with Crippen molar-refractivity contribution < 1.29 is 9.90 Å². The van der Waals surface area contributed by atoms with E-state index in [2.05, 4.69) is 38.7 Å². The fourth-order valence-corrected chi connectivity index (χ4v) is 4.46. The lowest BCUT2D eigenvalue weighted by atomic mass is 10.1. The highest BCUT2D eigenvalue weighted by Crippen LogP contribution is 2.34. The van der Waals surface area contributed by atoms with Gasteiger partial charge in [-0.15, -0.1) is 0 Å². The van der Waals surface area contributed by atoms with Crippen LogP contribution in [-0.4, -0.2) is 43.7 Å². The molecule has 0 aliphatic carbocycles. The van der Waals surface area contributed by atoms with E-state index in [1.165, 1.54) is 0 Å². The standard InChI is InChI=1S/C20H17IN6O2/c21-16-17(22)27-18(25-19(16)26-6-5-12(10-26)20(28)29)14(9-24-27)13-7-11-3-1-2-4-15(11)23-8-13/h1-4,7-9,12H,5-6,10,22H2,(H,28,29). The number of hydrogen-bond donors (Lipinski definition) is 2. The second kappa shape index (κ2) is 6.83. The van der Waals surface area contributed by atoms with Crippen molar-refractivity contribution >= 4 is 56.7 Å². The van der Waals surface area contributed by atoms with Crippen molar-refractivity contribution in [3.05, 3.63) is 46.3 Å². The number of fused-ring (bicyclic) bond motifs is 2. The van der Waals surface area contributed by atoms with E-state index in [1.54, 1.807) is 10.7 Å². The van der Waals surface area contributed by atoms with Gasteiger partial charge in [0, 0.05) is 35.8 Å². The number of nitrogens with two attached hydrogens (primary N) is 1. The summed E-state index contributed by atoms with van der Waals surface area (Å²) in [6.07, 6.45) is 4.15. The summed E-state index contributed by atoms with van der Waals surface area (Å²) in [7, 11) is 0. The van der Waals surface area contributed by atoms with Gasteiger partial charge in [-0.2, -0.15) is 9.61 Å². The van der Waals surface area contributed by atoms with Crippen LogP contribution in [0.4, 0.5) is 11.6 Å². The van der Waals surface area contributed by atoms with Crippen LogP contribution in [0.3, 0.4) is 0 Å². The average Bonchev–Trinajstić information content (AvgIpc) is 3.38. The average molecular weight is 500 g/mol. The molecule has 0 amide bonds. The van der Waals surface area contributed by atoms with Crippen LogP contribution in [0.25, 0.3) is 27.7 Å². The summed E-state index contributed by atoms with van der Waals surface area (Å²) < 4.78 is 2.40. The lowest BCUT2D eigenvalue weighted by Crippen LogP contribution is -2.25. The van der Waals surface area contributed by atoms with Gasteiger partial charge in [-0.05, 0) is 41.1 Å². The molecule has 9 heteroatoms. The van der Waals surface area contributed by atoms with E-state index < -0.39 is 5.97 Å². The van der Waals surface area contributed by atoms with Gasteiger partial charge < -0.3 is 15.7 Å². The normalized spacial score (nSPS) is 16.7. The van der Waals surface area contributed by atoms with Gasteiger partial charge in [0.25, 0.3) is 0 Å². The van der Waals surface area contributed by atoms with Gasteiger partial charge in [-0.25, -0.2) is 4.98 Å². The number of nitrogens with zero attached hydrogens (tertiary/aromatic N) is 5. The Kier molecular flexibility index (Phi) is 4.26. The van der Waals surface area contributed by atoms with Crippen LogP contribution in [0.15, 0.2) is 42.7 Å². The number of carboxylic acid groups (broad SMARTS) is 1. The number of anilines is 2. The predicted octanol–water partition coefficient (Wildman–Crippen LogP) is 3.04. The lowest BCUT2D eigenvalue weighted by Gasteiger charge is -2.20. The molecule has 1 aliphatic heterocycles. The molecule has 4 aromatic rings. The first-order chi connectivity index (χ1) is 14.0. The zero-order chi connectivity index (χ0) is 20.1. The number of aliphatic carboxylic acids is 1. The van der Waals surface area contributed by atoms with Gasteiger partial charge in [0.1, 0.15) is 11.6 Å². The van der Waals surface area contributed by atoms with Crippen molar-refractivity contribution in [2.45, 2.75) is 6.42 Å². The Morgan fingerprint density at radius 3 is 2.90 bits per heavy atom. The highest BCUT2D eigenvalue weighted by Gasteiger charge is 2.31. The molecule has 146 valence electrons. The number of nitrogen functional groups attached to an aromatic ring is 1. The van der Waals surface area contributed by atoms with E-state index in [1.807, 2.05) is 35.4 Å². The molecule has 29 heavy (non-hydrogen) atoms. The molecule has 4 heterocycles. The highest BCUT2D eigenvalue weighted by atomic mass is 127. The van der Waals surface area contributed by atoms with Gasteiger partial charge in [-0.1, -0.05) is 18.2 Å². The zero-order valence-electron chi connectivity index (χ0n) is 15.3. The van der Waals surface area contributed by atoms with Crippen LogP contribution in [0.2, 0.25) is 0 Å². The first-order valence-corrected chi connectivity index (χ1v) is 10.3. The van der Waals surface area contributed by atoms with Crippen LogP contribution in [-0.2, 0) is 4.79 Å². The maximum Gasteiger partial charge on any atom is 0.308 e. The quantitative estimate of drug-likeness (QED) is 0.417. The molecule has 1 unspecified atom stereocenters. The maximum absolute atomic E-state index is 11.4. The van der Waals surface area contributed by atoms with Crippen molar-refractivity contribution in [3.8, 4) is 11.1 Å². The number of benzene rings is 1. The Hall–Kier alpha value is -2.95. The van der Waals surface area contributed by atoms with E-state index in [9.17, 15) is 9.90 Å². The summed E-state index contributed by atoms with van der Waals surface area (Å²) in [4.78, 5) is 22.7. The van der Waals surface area contributed by atoms with E-state index in [-0.39, 0.29) is 5.92 Å². The SMILES string of the molecule is Nc1c(I)c(N2CCC(C(=O)O)C2)nc2c(-c3cnc4ccccc4c3)cnn12. The molecular formula is C20H17IN6O2. The van der Waals surface area contributed by atoms with Crippen LogP contribution in [0.5, 0.6) is 0 Å². The smallest absolute Gasteiger partial charge is 0.308 e. The molecule has 3 aromatic heterocycles. The monoisotopic (exact) mass is 500 g/mol. The van der Waals surface area contributed by atoms with E-state index in [4.69, 9.17) is 10.7 Å². The maximum atomic E-state index is 11.4. The molecule has 5 rings (SSSR count). The first kappa shape index (κ1) is 18.1. The third-order valence-corrected chi connectivity index (χ3v) is 6.38. The minimum Gasteiger partial charge on any atom is -0.481 e. The lowest BCUT2D eigenvalue weighted by molar-refractivity contribution is -0.140. The molecule has 0 saturated carbocycles. The molecule has 1 saturated heterocycles. The predicted molar refractivity (Wildman–Crippen MR) is 119 cm³/mol. The summed E-state index contributed by atoms with van der Waals surface area (Å²) in [5.41, 5.74) is 9.65. The Morgan fingerprint density at radius 2 is 2.10 bits per heavy atom. The number of para-hydroxylation sites is 1. The number of carbonyl (C=O) groups is 1. The number of rotatable bonds is 3. The molecule has 0 radical (unpaired) electrons. The second-order valence-corrected chi connectivity index (χ2v) is 8.19. The van der Waals surface area contributed by atoms with Crippen LogP contribution >= 0.6 is 22.6 Å². The summed E-state index contributed by atoms with van der Waals surface area (Å²) in [5, 5.41) is 14.8. The fourth-order valence-electron chi connectivity index (χ4n) is 3.77. The Bertz CT molecular complexity index is 1270. The van der Waals surface area contributed by atoms with Gasteiger partial charge in [-0.3, -0.25) is 9.78 Å². The molecule has 1 atom stereocenters. The van der Waals surface area contributed by atoms with Crippen molar-refractivity contribution in [2.75, 3.05) is 23.7 Å². The van der Waals surface area contributed by atoms with Gasteiger partial charge in [0.05, 0.1) is 21.2 Å². The third-order valence-electron chi connectivity index (χ3n) is 5.34. The third kappa shape index (κ3) is 2.96. The summed E-state index contributed by atoms with van der Waals surface area (Å²) in [5.74, 6) is 0.0298. The summed E-state index contributed by atoms with van der Waals surface area (Å²) >= 11 is 2.15. The van der Waals surface area contributed by atoms with Gasteiger partial charge in [0.15, 0.2) is 5.65 Å². The first-order valence-electron chi connectivity index (χ1n) is 9.18. The van der Waals surface area contributed by atoms with Crippen LogP contribution in [0, 0.1) is 9.49 Å². The molecular weight excluding hydrogens is 483 g/mol. The Morgan fingerprint density at radius 1 is 1.28 bits per heavy atom. The summed E-state index contributed by atoms with van der Waals surface area (Å²) in [6, 6.07) is 9.99. The number of halogens is 1. The van der Waals surface area contributed by atoms with Crippen LogP contribution < -0.4 is 10.6 Å². The van der Waals surface area contributed by atoms with E-state index in [0.29, 0.717) is 36.8 Å². The largest absolute Gasteiger partial charge is 0.481 e. The number of carboxylic acids is 1. The minimum atomic E-state index is -0.774. The second-order valence-electron chi connectivity index (χ2n) is 7.11. The number of hydrogen-bond acceptors (Lipinski definition) is 6. The topological polar surface area (TPSA) is 110 Å². The molecule has 1 aromatic carbocycles. The fraction of sp³-hybridized carbons (Fsp3) is 0.200. The van der Waals surface area contributed by atoms with Crippen molar-refractivity contribution in [3.63, 3.8) is 0 Å². The molecule has 1 fully saturated rings. The number of pyridine rings is 1. The van der Waals surface area contributed by atoms with Gasteiger partial charge in [0.2, 0.25) is 0 Å². The molecule has 3 N–H and O–H groups in total. The highest BCUT2D eigenvalue weighted by molar-refractivity contribution is 14.1. The Balaban J connectivity index is 1.64. The number of aromatic nitrogens is 4. The van der Waals surface area contributed by atoms with E-state index in [0.717, 1.165) is 25.6 Å². The molecule has 1 aliphatic rings. The van der Waals surface area contributed by atoms with Crippen molar-refractivity contribution in [2.24, 2.45) is 5.92 Å². The molecule has 0 bridgehead atoms. The summed E-state index contributed by atoms with van der Waals surface area (Å²) in [6.45, 7) is 1.06. The zero-order valence-corrected chi connectivity index (χ0v) is 17.4. The van der Waals surface area contributed by atoms with E-state index >= 15 is 0 Å². The van der Waals surface area contributed by atoms with Gasteiger partial charge >= 0.3 is 5.97 Å². The van der Waals surface area contributed by atoms with Crippen LogP contribution in [0.1, 0.15) is 6.42 Å². The van der Waals surface area contributed by atoms with Crippen molar-refractivity contribution in [1.82, 2.24) is 19.6 Å². The molecule has 8 nitrogen and oxygen atoms in total. The van der Waals surface area contributed by atoms with Crippen molar-refractivity contribution in [1.29, 1.82) is 0 Å². The Labute approximate surface area is 179 Å². The molecule has 0 spiro atoms. The minimum absolute atomic E-state index is 0.390.